The number of nitrogens with one attached hydrogen (secondary N) is 3. The predicted octanol–water partition coefficient (Wildman–Crippen LogP) is 4.67. The van der Waals surface area contributed by atoms with Crippen LogP contribution in [0, 0.1) is 10.1 Å². The van der Waals surface area contributed by atoms with Crippen LogP contribution < -0.4 is 30.3 Å². The number of rotatable bonds is 13. The third-order valence-electron chi connectivity index (χ3n) is 6.55. The lowest BCUT2D eigenvalue weighted by molar-refractivity contribution is -0.384. The molecule has 240 valence electrons. The minimum absolute atomic E-state index is 0.0141. The number of hydrazone groups is 1. The summed E-state index contributed by atoms with van der Waals surface area (Å²) in [6.45, 7) is 3.23. The number of methoxy groups -OCH3 is 1. The maximum absolute atomic E-state index is 12.6. The minimum atomic E-state index is -0.797. The number of urea groups is 1. The number of allylic oxidation sites excluding steroid dienone is 1. The number of halogens is 1. The molecule has 0 unspecified atom stereocenters. The highest BCUT2D eigenvalue weighted by atomic mass is 79.9. The smallest absolute Gasteiger partial charge is 0.338 e. The van der Waals surface area contributed by atoms with E-state index < -0.39 is 35.5 Å². The van der Waals surface area contributed by atoms with Crippen LogP contribution >= 0.6 is 15.9 Å². The Morgan fingerprint density at radius 3 is 2.50 bits per heavy atom. The number of hydrogen-bond donors (Lipinski definition) is 3. The number of nitro benzene ring substituents is 1. The Morgan fingerprint density at radius 1 is 1.07 bits per heavy atom. The summed E-state index contributed by atoms with van der Waals surface area (Å²) in [7, 11) is 1.42. The van der Waals surface area contributed by atoms with E-state index in [1.54, 1.807) is 62.4 Å². The SMILES string of the molecule is CCOC(=O)C1=C(C)NC(=O)N[C@@H]1c1ccc(OCC(=O)N/N=C\c2cc(Br)ccc2OCc2ccc([N+](=O)[O-])cc2)c(OC)c1. The summed E-state index contributed by atoms with van der Waals surface area (Å²) in [5, 5.41) is 20.2. The fourth-order valence-electron chi connectivity index (χ4n) is 4.38. The zero-order chi connectivity index (χ0) is 33.2. The Bertz CT molecular complexity index is 1690. The second-order valence-electron chi connectivity index (χ2n) is 9.68. The molecule has 0 radical (unpaired) electrons. The van der Waals surface area contributed by atoms with E-state index in [0.717, 1.165) is 10.0 Å². The Balaban J connectivity index is 1.38. The van der Waals surface area contributed by atoms with Gasteiger partial charge in [-0.1, -0.05) is 22.0 Å². The van der Waals surface area contributed by atoms with Gasteiger partial charge in [0.05, 0.1) is 36.5 Å². The molecule has 1 heterocycles. The molecule has 46 heavy (non-hydrogen) atoms. The lowest BCUT2D eigenvalue weighted by atomic mass is 9.95. The molecule has 15 heteroatoms. The molecule has 1 aliphatic rings. The molecule has 0 fully saturated rings. The summed E-state index contributed by atoms with van der Waals surface area (Å²) in [5.74, 6) is -0.134. The Kier molecular flexibility index (Phi) is 11.3. The van der Waals surface area contributed by atoms with Crippen molar-refractivity contribution in [2.24, 2.45) is 5.10 Å². The molecule has 3 aromatic carbocycles. The molecule has 0 saturated heterocycles. The third-order valence-corrected chi connectivity index (χ3v) is 7.04. The van der Waals surface area contributed by atoms with Gasteiger partial charge in [-0.2, -0.15) is 5.10 Å². The first-order valence-electron chi connectivity index (χ1n) is 13.8. The van der Waals surface area contributed by atoms with E-state index >= 15 is 0 Å². The molecule has 14 nitrogen and oxygen atoms in total. The second-order valence-corrected chi connectivity index (χ2v) is 10.6. The first kappa shape index (κ1) is 33.5. The topological polar surface area (TPSA) is 180 Å². The summed E-state index contributed by atoms with van der Waals surface area (Å²) in [5.41, 5.74) is 4.84. The van der Waals surface area contributed by atoms with Crippen molar-refractivity contribution in [3.05, 3.63) is 103 Å². The molecule has 1 atom stereocenters. The number of non-ortho nitro benzene ring substituents is 1. The minimum Gasteiger partial charge on any atom is -0.493 e. The first-order valence-corrected chi connectivity index (χ1v) is 14.6. The zero-order valence-corrected chi connectivity index (χ0v) is 26.6. The van der Waals surface area contributed by atoms with Gasteiger partial charge in [0.25, 0.3) is 11.6 Å². The van der Waals surface area contributed by atoms with Gasteiger partial charge in [0.15, 0.2) is 18.1 Å². The summed E-state index contributed by atoms with van der Waals surface area (Å²) < 4.78 is 22.9. The number of benzene rings is 3. The molecule has 3 aromatic rings. The van der Waals surface area contributed by atoms with Gasteiger partial charge < -0.3 is 29.6 Å². The molecular weight excluding hydrogens is 666 g/mol. The third kappa shape index (κ3) is 8.59. The van der Waals surface area contributed by atoms with Gasteiger partial charge in [-0.25, -0.2) is 15.0 Å². The predicted molar refractivity (Wildman–Crippen MR) is 170 cm³/mol. The van der Waals surface area contributed by atoms with E-state index in [1.807, 2.05) is 0 Å². The van der Waals surface area contributed by atoms with Crippen LogP contribution in [0.4, 0.5) is 10.5 Å². The number of carbonyl (C=O) groups is 3. The highest BCUT2D eigenvalue weighted by Crippen LogP contribution is 2.34. The summed E-state index contributed by atoms with van der Waals surface area (Å²) in [6, 6.07) is 14.8. The molecule has 4 rings (SSSR count). The quantitative estimate of drug-likeness (QED) is 0.0992. The normalized spacial score (nSPS) is 14.3. The molecule has 3 N–H and O–H groups in total. The standard InChI is InChI=1S/C31H30BrN5O9/c1-4-44-30(39)28-18(2)34-31(40)35-29(28)20-7-11-25(26(14-20)43-3)46-17-27(38)36-33-15-21-13-22(32)8-12-24(21)45-16-19-5-9-23(10-6-19)37(41)42/h5-15,29H,4,16-17H2,1-3H3,(H,36,38)(H2,34,35,40)/b33-15-/t29-/m1/s1. The van der Waals surface area contributed by atoms with Gasteiger partial charge in [0, 0.05) is 27.9 Å². The first-order chi connectivity index (χ1) is 22.1. The van der Waals surface area contributed by atoms with Crippen LogP contribution in [0.15, 0.2) is 81.5 Å². The summed E-state index contributed by atoms with van der Waals surface area (Å²) in [6.07, 6.45) is 1.41. The Morgan fingerprint density at radius 2 is 1.80 bits per heavy atom. The van der Waals surface area contributed by atoms with Crippen LogP contribution in [-0.4, -0.2) is 49.4 Å². The largest absolute Gasteiger partial charge is 0.493 e. The molecular formula is C31H30BrN5O9. The van der Waals surface area contributed by atoms with Gasteiger partial charge in [-0.15, -0.1) is 0 Å². The highest BCUT2D eigenvalue weighted by molar-refractivity contribution is 9.10. The number of carbonyl (C=O) groups excluding carboxylic acids is 3. The maximum atomic E-state index is 12.6. The van der Waals surface area contributed by atoms with E-state index in [9.17, 15) is 24.5 Å². The van der Waals surface area contributed by atoms with E-state index in [4.69, 9.17) is 18.9 Å². The van der Waals surface area contributed by atoms with Gasteiger partial charge in [-0.3, -0.25) is 14.9 Å². The van der Waals surface area contributed by atoms with Crippen molar-refractivity contribution in [1.82, 2.24) is 16.1 Å². The van der Waals surface area contributed by atoms with E-state index in [1.165, 1.54) is 25.5 Å². The lowest BCUT2D eigenvalue weighted by Gasteiger charge is -2.28. The second kappa shape index (κ2) is 15.5. The van der Waals surface area contributed by atoms with Crippen LogP contribution in [0.3, 0.4) is 0 Å². The average molecular weight is 697 g/mol. The molecule has 0 aromatic heterocycles. The van der Waals surface area contributed by atoms with Crippen molar-refractivity contribution in [1.29, 1.82) is 0 Å². The van der Waals surface area contributed by atoms with Gasteiger partial charge in [-0.05, 0) is 67.4 Å². The van der Waals surface area contributed by atoms with Crippen LogP contribution in [0.2, 0.25) is 0 Å². The van der Waals surface area contributed by atoms with Crippen molar-refractivity contribution in [2.75, 3.05) is 20.3 Å². The molecule has 0 spiro atoms. The van der Waals surface area contributed by atoms with Crippen LogP contribution in [0.1, 0.15) is 36.6 Å². The van der Waals surface area contributed by atoms with E-state index in [2.05, 4.69) is 37.1 Å². The maximum Gasteiger partial charge on any atom is 0.338 e. The number of nitro groups is 1. The highest BCUT2D eigenvalue weighted by Gasteiger charge is 2.32. The van der Waals surface area contributed by atoms with Crippen LogP contribution in [-0.2, 0) is 20.9 Å². The molecule has 0 aliphatic carbocycles. The van der Waals surface area contributed by atoms with E-state index in [-0.39, 0.29) is 36.0 Å². The lowest BCUT2D eigenvalue weighted by Crippen LogP contribution is -2.45. The summed E-state index contributed by atoms with van der Waals surface area (Å²) >= 11 is 3.40. The average Bonchev–Trinajstić information content (AvgIpc) is 3.03. The summed E-state index contributed by atoms with van der Waals surface area (Å²) in [4.78, 5) is 47.7. The molecule has 1 aliphatic heterocycles. The number of esters is 1. The number of amides is 3. The van der Waals surface area contributed by atoms with Crippen molar-refractivity contribution in [3.63, 3.8) is 0 Å². The number of nitrogens with zero attached hydrogens (tertiary/aromatic N) is 2. The molecule has 3 amide bonds. The number of hydrogen-bond acceptors (Lipinski definition) is 10. The van der Waals surface area contributed by atoms with Crippen molar-refractivity contribution in [3.8, 4) is 17.2 Å². The number of ether oxygens (including phenoxy) is 4. The van der Waals surface area contributed by atoms with Crippen molar-refractivity contribution >= 4 is 45.7 Å². The van der Waals surface area contributed by atoms with Gasteiger partial charge in [0.2, 0.25) is 0 Å². The molecule has 0 bridgehead atoms. The fourth-order valence-corrected chi connectivity index (χ4v) is 4.76. The van der Waals surface area contributed by atoms with Crippen molar-refractivity contribution in [2.45, 2.75) is 26.5 Å². The van der Waals surface area contributed by atoms with E-state index in [0.29, 0.717) is 22.6 Å². The van der Waals surface area contributed by atoms with Crippen molar-refractivity contribution < 1.29 is 38.3 Å². The van der Waals surface area contributed by atoms with Crippen LogP contribution in [0.5, 0.6) is 17.2 Å². The fraction of sp³-hybridized carbons (Fsp3) is 0.226. The zero-order valence-electron chi connectivity index (χ0n) is 25.0. The monoisotopic (exact) mass is 695 g/mol. The van der Waals surface area contributed by atoms with Gasteiger partial charge in [0.1, 0.15) is 12.4 Å². The Labute approximate surface area is 272 Å². The van der Waals surface area contributed by atoms with Crippen LogP contribution in [0.25, 0.3) is 0 Å². The van der Waals surface area contributed by atoms with Gasteiger partial charge >= 0.3 is 12.0 Å². The molecule has 0 saturated carbocycles. The Hall–Kier alpha value is -5.44.